The monoisotopic (exact) mass is 269 g/mol. The first-order valence-corrected chi connectivity index (χ1v) is 7.23. The van der Waals surface area contributed by atoms with E-state index in [2.05, 4.69) is 19.2 Å². The Kier molecular flexibility index (Phi) is 4.94. The quantitative estimate of drug-likeness (QED) is 0.844. The molecule has 0 heterocycles. The topological polar surface area (TPSA) is 32.3 Å². The molecule has 0 amide bonds. The van der Waals surface area contributed by atoms with Crippen molar-refractivity contribution in [3.05, 3.63) is 71.8 Å². The number of hydrogen-bond donors (Lipinski definition) is 2. The Morgan fingerprint density at radius 2 is 1.40 bits per heavy atom. The SMILES string of the molecule is CCNC[C@H](C)C(O)(c1ccccc1)c1ccccc1. The number of aliphatic hydroxyl groups is 1. The molecule has 0 saturated heterocycles. The van der Waals surface area contributed by atoms with Gasteiger partial charge in [-0.1, -0.05) is 74.5 Å². The highest BCUT2D eigenvalue weighted by Gasteiger charge is 2.36. The average molecular weight is 269 g/mol. The minimum Gasteiger partial charge on any atom is -0.380 e. The molecule has 0 saturated carbocycles. The van der Waals surface area contributed by atoms with Gasteiger partial charge in [0.1, 0.15) is 5.60 Å². The van der Waals surface area contributed by atoms with Crippen LogP contribution >= 0.6 is 0 Å². The van der Waals surface area contributed by atoms with Crippen molar-refractivity contribution in [2.45, 2.75) is 19.4 Å². The third-order valence-electron chi connectivity index (χ3n) is 3.84. The van der Waals surface area contributed by atoms with Crippen molar-refractivity contribution in [3.63, 3.8) is 0 Å². The summed E-state index contributed by atoms with van der Waals surface area (Å²) in [6.45, 7) is 5.85. The van der Waals surface area contributed by atoms with Gasteiger partial charge in [0.2, 0.25) is 0 Å². The number of nitrogens with one attached hydrogen (secondary N) is 1. The predicted molar refractivity (Wildman–Crippen MR) is 83.6 cm³/mol. The fraction of sp³-hybridized carbons (Fsp3) is 0.333. The number of benzene rings is 2. The van der Waals surface area contributed by atoms with Crippen molar-refractivity contribution in [2.24, 2.45) is 5.92 Å². The molecule has 2 aromatic carbocycles. The average Bonchev–Trinajstić information content (AvgIpc) is 2.53. The summed E-state index contributed by atoms with van der Waals surface area (Å²) in [7, 11) is 0. The molecule has 0 aliphatic carbocycles. The van der Waals surface area contributed by atoms with Crippen molar-refractivity contribution in [2.75, 3.05) is 13.1 Å². The Morgan fingerprint density at radius 3 is 1.80 bits per heavy atom. The van der Waals surface area contributed by atoms with Crippen LogP contribution in [-0.4, -0.2) is 18.2 Å². The van der Waals surface area contributed by atoms with Gasteiger partial charge in [0.05, 0.1) is 0 Å². The molecule has 0 unspecified atom stereocenters. The molecule has 0 aliphatic heterocycles. The van der Waals surface area contributed by atoms with E-state index in [1.54, 1.807) is 0 Å². The zero-order valence-corrected chi connectivity index (χ0v) is 12.2. The minimum absolute atomic E-state index is 0.0762. The fourth-order valence-corrected chi connectivity index (χ4v) is 2.63. The van der Waals surface area contributed by atoms with Crippen LogP contribution in [0.25, 0.3) is 0 Å². The van der Waals surface area contributed by atoms with E-state index in [-0.39, 0.29) is 5.92 Å². The first-order valence-electron chi connectivity index (χ1n) is 7.23. The summed E-state index contributed by atoms with van der Waals surface area (Å²) < 4.78 is 0. The predicted octanol–water partition coefficient (Wildman–Crippen LogP) is 3.17. The molecule has 2 heteroatoms. The summed E-state index contributed by atoms with van der Waals surface area (Å²) in [5, 5.41) is 14.7. The molecule has 0 aromatic heterocycles. The van der Waals surface area contributed by atoms with Crippen LogP contribution in [0.2, 0.25) is 0 Å². The van der Waals surface area contributed by atoms with E-state index in [0.717, 1.165) is 24.2 Å². The van der Waals surface area contributed by atoms with Crippen molar-refractivity contribution in [3.8, 4) is 0 Å². The summed E-state index contributed by atoms with van der Waals surface area (Å²) >= 11 is 0. The van der Waals surface area contributed by atoms with Gasteiger partial charge in [-0.05, 0) is 17.7 Å². The first-order chi connectivity index (χ1) is 9.69. The molecule has 0 bridgehead atoms. The van der Waals surface area contributed by atoms with Gasteiger partial charge in [-0.3, -0.25) is 0 Å². The van der Waals surface area contributed by atoms with E-state index in [4.69, 9.17) is 0 Å². The van der Waals surface area contributed by atoms with Gasteiger partial charge in [-0.15, -0.1) is 0 Å². The molecule has 0 aliphatic rings. The highest BCUT2D eigenvalue weighted by atomic mass is 16.3. The molecule has 20 heavy (non-hydrogen) atoms. The van der Waals surface area contributed by atoms with Crippen molar-refractivity contribution < 1.29 is 5.11 Å². The second-order valence-electron chi connectivity index (χ2n) is 5.21. The van der Waals surface area contributed by atoms with Gasteiger partial charge in [0.25, 0.3) is 0 Å². The van der Waals surface area contributed by atoms with Crippen LogP contribution in [0.3, 0.4) is 0 Å². The van der Waals surface area contributed by atoms with E-state index in [9.17, 15) is 5.11 Å². The summed E-state index contributed by atoms with van der Waals surface area (Å²) in [5.41, 5.74) is 0.915. The molecular weight excluding hydrogens is 246 g/mol. The molecular formula is C18H23NO. The highest BCUT2D eigenvalue weighted by molar-refractivity contribution is 5.36. The molecule has 0 fully saturated rings. The normalized spacial score (nSPS) is 13.2. The third-order valence-corrected chi connectivity index (χ3v) is 3.84. The standard InChI is InChI=1S/C18H23NO/c1-3-19-14-15(2)18(20,16-10-6-4-7-11-16)17-12-8-5-9-13-17/h4-13,15,19-20H,3,14H2,1-2H3/t15-/m0/s1. The highest BCUT2D eigenvalue weighted by Crippen LogP contribution is 2.36. The minimum atomic E-state index is -0.968. The Bertz CT molecular complexity index is 470. The Labute approximate surface area is 121 Å². The summed E-state index contributed by atoms with van der Waals surface area (Å²) in [4.78, 5) is 0. The maximum atomic E-state index is 11.4. The molecule has 106 valence electrons. The van der Waals surface area contributed by atoms with Crippen molar-refractivity contribution in [1.29, 1.82) is 0 Å². The first kappa shape index (κ1) is 14.8. The zero-order valence-electron chi connectivity index (χ0n) is 12.2. The lowest BCUT2D eigenvalue weighted by molar-refractivity contribution is 0.0243. The zero-order chi connectivity index (χ0) is 14.4. The molecule has 2 aromatic rings. The largest absolute Gasteiger partial charge is 0.380 e. The Morgan fingerprint density at radius 1 is 0.950 bits per heavy atom. The smallest absolute Gasteiger partial charge is 0.118 e. The van der Waals surface area contributed by atoms with Crippen LogP contribution in [0, 0.1) is 5.92 Å². The molecule has 1 atom stereocenters. The van der Waals surface area contributed by atoms with E-state index < -0.39 is 5.60 Å². The molecule has 2 nitrogen and oxygen atoms in total. The molecule has 2 N–H and O–H groups in total. The molecule has 2 rings (SSSR count). The van der Waals surface area contributed by atoms with Crippen LogP contribution in [0.4, 0.5) is 0 Å². The maximum Gasteiger partial charge on any atom is 0.118 e. The lowest BCUT2D eigenvalue weighted by Gasteiger charge is -2.35. The number of hydrogen-bond acceptors (Lipinski definition) is 2. The van der Waals surface area contributed by atoms with Crippen molar-refractivity contribution in [1.82, 2.24) is 5.32 Å². The van der Waals surface area contributed by atoms with Crippen LogP contribution in [0.5, 0.6) is 0 Å². The van der Waals surface area contributed by atoms with E-state index in [1.165, 1.54) is 0 Å². The lowest BCUT2D eigenvalue weighted by Crippen LogP contribution is -2.40. The van der Waals surface area contributed by atoms with Gasteiger partial charge in [0.15, 0.2) is 0 Å². The second-order valence-corrected chi connectivity index (χ2v) is 5.21. The second kappa shape index (κ2) is 6.69. The Hall–Kier alpha value is -1.64. The molecule has 0 radical (unpaired) electrons. The number of rotatable bonds is 6. The summed E-state index contributed by atoms with van der Waals surface area (Å²) in [6, 6.07) is 19.8. The summed E-state index contributed by atoms with van der Waals surface area (Å²) in [5.74, 6) is 0.0762. The lowest BCUT2D eigenvalue weighted by atomic mass is 9.77. The van der Waals surface area contributed by atoms with Crippen LogP contribution < -0.4 is 5.32 Å². The Balaban J connectivity index is 2.43. The van der Waals surface area contributed by atoms with E-state index in [1.807, 2.05) is 60.7 Å². The van der Waals surface area contributed by atoms with E-state index >= 15 is 0 Å². The molecule has 0 spiro atoms. The third kappa shape index (κ3) is 2.92. The van der Waals surface area contributed by atoms with Crippen LogP contribution in [-0.2, 0) is 5.60 Å². The van der Waals surface area contributed by atoms with Gasteiger partial charge in [-0.25, -0.2) is 0 Å². The van der Waals surface area contributed by atoms with Gasteiger partial charge in [-0.2, -0.15) is 0 Å². The summed E-state index contributed by atoms with van der Waals surface area (Å²) in [6.07, 6.45) is 0. The van der Waals surface area contributed by atoms with Crippen LogP contribution in [0.1, 0.15) is 25.0 Å². The fourth-order valence-electron chi connectivity index (χ4n) is 2.63. The van der Waals surface area contributed by atoms with Gasteiger partial charge in [0, 0.05) is 12.5 Å². The van der Waals surface area contributed by atoms with Gasteiger partial charge >= 0.3 is 0 Å². The van der Waals surface area contributed by atoms with Crippen LogP contribution in [0.15, 0.2) is 60.7 Å². The van der Waals surface area contributed by atoms with E-state index in [0.29, 0.717) is 0 Å². The maximum absolute atomic E-state index is 11.4. The van der Waals surface area contributed by atoms with Gasteiger partial charge < -0.3 is 10.4 Å². The van der Waals surface area contributed by atoms with Crippen molar-refractivity contribution >= 4 is 0 Å².